The molecule has 1 aliphatic carbocycles. The fourth-order valence-corrected chi connectivity index (χ4v) is 3.38. The highest BCUT2D eigenvalue weighted by Gasteiger charge is 2.25. The van der Waals surface area contributed by atoms with Gasteiger partial charge in [-0.3, -0.25) is 0 Å². The lowest BCUT2D eigenvalue weighted by molar-refractivity contribution is 0.182. The Balaban J connectivity index is 2.03. The number of aryl methyl sites for hydroxylation is 2. The molecule has 0 radical (unpaired) electrons. The number of hydrogen-bond acceptors (Lipinski definition) is 3. The van der Waals surface area contributed by atoms with Crippen molar-refractivity contribution in [1.29, 1.82) is 0 Å². The number of carbonyl (C=O) groups is 1. The number of urea groups is 1. The van der Waals surface area contributed by atoms with Crippen LogP contribution in [0.5, 0.6) is 0 Å². The Kier molecular flexibility index (Phi) is 6.03. The molecule has 0 aliphatic heterocycles. The van der Waals surface area contributed by atoms with Gasteiger partial charge in [-0.15, -0.1) is 0 Å². The number of carbonyl (C=O) groups excluding carboxylic acids is 1. The van der Waals surface area contributed by atoms with Crippen LogP contribution in [0.15, 0.2) is 6.07 Å². The molecule has 1 heterocycles. The summed E-state index contributed by atoms with van der Waals surface area (Å²) in [7, 11) is 0. The number of nitrogens with one attached hydrogen (secondary N) is 2. The van der Waals surface area contributed by atoms with Gasteiger partial charge in [-0.2, -0.15) is 0 Å². The average Bonchev–Trinajstić information content (AvgIpc) is 2.67. The van der Waals surface area contributed by atoms with Crippen LogP contribution in [0, 0.1) is 19.8 Å². The molecule has 0 saturated heterocycles. The van der Waals surface area contributed by atoms with Crippen molar-refractivity contribution in [2.45, 2.75) is 52.0 Å². The Morgan fingerprint density at radius 2 is 2.09 bits per heavy atom. The highest BCUT2D eigenvalue weighted by atomic mass is 35.5. The number of hydrogen-bond donors (Lipinski definition) is 3. The largest absolute Gasteiger partial charge is 0.396 e. The summed E-state index contributed by atoms with van der Waals surface area (Å²) in [6.07, 6.45) is 5.19. The van der Waals surface area contributed by atoms with Crippen LogP contribution in [0.25, 0.3) is 0 Å². The summed E-state index contributed by atoms with van der Waals surface area (Å²) in [4.78, 5) is 16.4. The summed E-state index contributed by atoms with van der Waals surface area (Å²) in [5, 5.41) is 15.6. The van der Waals surface area contributed by atoms with Crippen molar-refractivity contribution < 1.29 is 9.90 Å². The topological polar surface area (TPSA) is 74.2 Å². The Hall–Kier alpha value is -1.33. The zero-order valence-electron chi connectivity index (χ0n) is 13.2. The smallest absolute Gasteiger partial charge is 0.319 e. The predicted molar refractivity (Wildman–Crippen MR) is 88.3 cm³/mol. The number of anilines is 1. The molecule has 2 atom stereocenters. The Morgan fingerprint density at radius 3 is 2.77 bits per heavy atom. The van der Waals surface area contributed by atoms with Gasteiger partial charge >= 0.3 is 6.03 Å². The van der Waals surface area contributed by atoms with Crippen LogP contribution in [0.2, 0.25) is 5.15 Å². The van der Waals surface area contributed by atoms with Crippen molar-refractivity contribution in [3.8, 4) is 0 Å². The van der Waals surface area contributed by atoms with Gasteiger partial charge in [-0.25, -0.2) is 9.78 Å². The van der Waals surface area contributed by atoms with Crippen LogP contribution in [0.1, 0.15) is 43.4 Å². The van der Waals surface area contributed by atoms with Crippen LogP contribution in [-0.2, 0) is 0 Å². The van der Waals surface area contributed by atoms with Gasteiger partial charge in [0, 0.05) is 24.3 Å². The molecule has 22 heavy (non-hydrogen) atoms. The zero-order chi connectivity index (χ0) is 16.1. The first-order chi connectivity index (χ1) is 10.5. The first-order valence-electron chi connectivity index (χ1n) is 7.83. The number of nitrogens with zero attached hydrogens (tertiary/aromatic N) is 1. The molecule has 3 N–H and O–H groups in total. The molecule has 122 valence electrons. The van der Waals surface area contributed by atoms with E-state index in [1.807, 2.05) is 19.9 Å². The van der Waals surface area contributed by atoms with Crippen molar-refractivity contribution in [1.82, 2.24) is 10.3 Å². The van der Waals surface area contributed by atoms with Gasteiger partial charge in [-0.05, 0) is 38.3 Å². The second-order valence-electron chi connectivity index (χ2n) is 6.03. The van der Waals surface area contributed by atoms with E-state index in [1.54, 1.807) is 0 Å². The van der Waals surface area contributed by atoms with E-state index in [2.05, 4.69) is 15.6 Å². The second kappa shape index (κ2) is 7.79. The predicted octanol–water partition coefficient (Wildman–Crippen LogP) is 3.41. The van der Waals surface area contributed by atoms with Crippen LogP contribution in [0.4, 0.5) is 10.5 Å². The summed E-state index contributed by atoms with van der Waals surface area (Å²) < 4.78 is 0. The summed E-state index contributed by atoms with van der Waals surface area (Å²) in [6, 6.07) is 1.59. The molecular weight excluding hydrogens is 302 g/mol. The average molecular weight is 326 g/mol. The maximum absolute atomic E-state index is 12.3. The minimum Gasteiger partial charge on any atom is -0.396 e. The summed E-state index contributed by atoms with van der Waals surface area (Å²) in [5.74, 6) is 0.126. The van der Waals surface area contributed by atoms with Crippen LogP contribution in [-0.4, -0.2) is 28.8 Å². The van der Waals surface area contributed by atoms with Gasteiger partial charge in [0.2, 0.25) is 0 Å². The van der Waals surface area contributed by atoms with Gasteiger partial charge in [0.15, 0.2) is 5.15 Å². The van der Waals surface area contributed by atoms with Crippen molar-refractivity contribution in [2.75, 3.05) is 11.9 Å². The fourth-order valence-electron chi connectivity index (χ4n) is 3.05. The summed E-state index contributed by atoms with van der Waals surface area (Å²) in [5.41, 5.74) is 2.24. The molecule has 2 amide bonds. The second-order valence-corrected chi connectivity index (χ2v) is 6.39. The SMILES string of the molecule is Cc1cc(C)c(NC(=O)NC2CCCCCC2CO)c(Cl)n1. The van der Waals surface area contributed by atoms with Gasteiger partial charge in [-0.1, -0.05) is 30.9 Å². The number of rotatable bonds is 3. The minimum atomic E-state index is -0.291. The highest BCUT2D eigenvalue weighted by molar-refractivity contribution is 6.32. The standard InChI is InChI=1S/C16H24ClN3O2/c1-10-8-11(2)18-15(17)14(10)20-16(22)19-13-7-5-3-4-6-12(13)9-21/h8,12-13,21H,3-7,9H2,1-2H3,(H2,19,20,22). The molecule has 1 aliphatic rings. The fraction of sp³-hybridized carbons (Fsp3) is 0.625. The number of aliphatic hydroxyl groups is 1. The van der Waals surface area contributed by atoms with Crippen molar-refractivity contribution in [3.63, 3.8) is 0 Å². The van der Waals surface area contributed by atoms with Gasteiger partial charge in [0.05, 0.1) is 5.69 Å². The van der Waals surface area contributed by atoms with E-state index in [0.717, 1.165) is 43.4 Å². The molecule has 0 bridgehead atoms. The quantitative estimate of drug-likeness (QED) is 0.589. The van der Waals surface area contributed by atoms with E-state index >= 15 is 0 Å². The number of halogens is 1. The lowest BCUT2D eigenvalue weighted by atomic mass is 9.96. The number of amides is 2. The van der Waals surface area contributed by atoms with E-state index in [-0.39, 0.29) is 24.6 Å². The molecule has 2 rings (SSSR count). The molecule has 1 aromatic rings. The Labute approximate surface area is 136 Å². The zero-order valence-corrected chi connectivity index (χ0v) is 13.9. The van der Waals surface area contributed by atoms with Crippen LogP contribution < -0.4 is 10.6 Å². The molecule has 1 saturated carbocycles. The Bertz CT molecular complexity index is 513. The lowest BCUT2D eigenvalue weighted by Crippen LogP contribution is -2.43. The van der Waals surface area contributed by atoms with E-state index < -0.39 is 0 Å². The number of pyridine rings is 1. The third-order valence-electron chi connectivity index (χ3n) is 4.25. The van der Waals surface area contributed by atoms with E-state index in [9.17, 15) is 9.90 Å². The first-order valence-corrected chi connectivity index (χ1v) is 8.21. The Morgan fingerprint density at radius 1 is 1.36 bits per heavy atom. The molecule has 2 unspecified atom stereocenters. The molecular formula is C16H24ClN3O2. The van der Waals surface area contributed by atoms with Crippen molar-refractivity contribution >= 4 is 23.3 Å². The third-order valence-corrected chi connectivity index (χ3v) is 4.52. The van der Waals surface area contributed by atoms with Crippen molar-refractivity contribution in [3.05, 3.63) is 22.5 Å². The van der Waals surface area contributed by atoms with E-state index in [0.29, 0.717) is 10.8 Å². The molecule has 0 spiro atoms. The van der Waals surface area contributed by atoms with Crippen LogP contribution in [0.3, 0.4) is 0 Å². The normalized spacial score (nSPS) is 22.0. The summed E-state index contributed by atoms with van der Waals surface area (Å²) >= 11 is 6.11. The highest BCUT2D eigenvalue weighted by Crippen LogP contribution is 2.26. The molecule has 6 heteroatoms. The molecule has 1 fully saturated rings. The maximum Gasteiger partial charge on any atom is 0.319 e. The maximum atomic E-state index is 12.3. The molecule has 1 aromatic heterocycles. The molecule has 5 nitrogen and oxygen atoms in total. The van der Waals surface area contributed by atoms with Gasteiger partial charge in [0.25, 0.3) is 0 Å². The minimum absolute atomic E-state index is 0.00462. The summed E-state index contributed by atoms with van der Waals surface area (Å²) in [6.45, 7) is 3.86. The van der Waals surface area contributed by atoms with E-state index in [4.69, 9.17) is 11.6 Å². The first kappa shape index (κ1) is 17.0. The number of aromatic nitrogens is 1. The third kappa shape index (κ3) is 4.34. The van der Waals surface area contributed by atoms with E-state index in [1.165, 1.54) is 0 Å². The van der Waals surface area contributed by atoms with Crippen molar-refractivity contribution in [2.24, 2.45) is 5.92 Å². The van der Waals surface area contributed by atoms with Crippen LogP contribution >= 0.6 is 11.6 Å². The van der Waals surface area contributed by atoms with Gasteiger partial charge in [0.1, 0.15) is 0 Å². The molecule has 0 aromatic carbocycles. The lowest BCUT2D eigenvalue weighted by Gasteiger charge is -2.25. The number of aliphatic hydroxyl groups excluding tert-OH is 1. The monoisotopic (exact) mass is 325 g/mol. The van der Waals surface area contributed by atoms with Gasteiger partial charge < -0.3 is 15.7 Å².